The van der Waals surface area contributed by atoms with Crippen LogP contribution in [0.2, 0.25) is 5.02 Å². The lowest BCUT2D eigenvalue weighted by molar-refractivity contribution is 0.101. The largest absolute Gasteiger partial charge is 0.368 e. The summed E-state index contributed by atoms with van der Waals surface area (Å²) in [7, 11) is 0. The monoisotopic (exact) mass is 463 g/mol. The number of rotatable bonds is 5. The number of nitrogen functional groups attached to an aromatic ring is 1. The van der Waals surface area contributed by atoms with Crippen LogP contribution in [0.5, 0.6) is 0 Å². The molecule has 1 unspecified atom stereocenters. The van der Waals surface area contributed by atoms with Crippen molar-refractivity contribution in [1.29, 1.82) is 0 Å². The lowest BCUT2D eigenvalue weighted by atomic mass is 9.85. The fourth-order valence-electron chi connectivity index (χ4n) is 4.42. The third-order valence-electron chi connectivity index (χ3n) is 6.12. The van der Waals surface area contributed by atoms with Gasteiger partial charge < -0.3 is 10.6 Å². The fraction of sp³-hybridized carbons (Fsp3) is 0.261. The molecule has 0 amide bonds. The van der Waals surface area contributed by atoms with Crippen LogP contribution in [0.25, 0.3) is 11.2 Å². The first kappa shape index (κ1) is 21.1. The maximum atomic E-state index is 13.6. The fourth-order valence-corrected chi connectivity index (χ4v) is 4.65. The minimum Gasteiger partial charge on any atom is -0.368 e. The first-order chi connectivity index (χ1) is 15.9. The predicted octanol–water partition coefficient (Wildman–Crippen LogP) is 3.30. The lowest BCUT2D eigenvalue weighted by Crippen LogP contribution is -2.53. The molecule has 9 nitrogen and oxygen atoms in total. The number of ketones is 1. The van der Waals surface area contributed by atoms with Gasteiger partial charge in [0.05, 0.1) is 22.3 Å². The lowest BCUT2D eigenvalue weighted by Gasteiger charge is -2.48. The van der Waals surface area contributed by atoms with E-state index in [1.807, 2.05) is 35.2 Å². The van der Waals surface area contributed by atoms with Crippen LogP contribution < -0.4 is 16.2 Å². The molecular formula is C23H22ClN7O2. The normalized spacial score (nSPS) is 17.8. The highest BCUT2D eigenvalue weighted by Gasteiger charge is 2.44. The molecule has 1 aliphatic heterocycles. The highest BCUT2D eigenvalue weighted by molar-refractivity contribution is 6.33. The number of carbonyl (C=O) groups excluding carboxylic acids is 1. The summed E-state index contributed by atoms with van der Waals surface area (Å²) in [6.45, 7) is 4.20. The Morgan fingerprint density at radius 2 is 2.00 bits per heavy atom. The van der Waals surface area contributed by atoms with E-state index in [1.54, 1.807) is 16.8 Å². The Labute approximate surface area is 194 Å². The van der Waals surface area contributed by atoms with Gasteiger partial charge in [0.25, 0.3) is 5.56 Å². The minimum atomic E-state index is -0.305. The van der Waals surface area contributed by atoms with E-state index >= 15 is 0 Å². The second-order valence-corrected chi connectivity index (χ2v) is 8.49. The molecule has 1 fully saturated rings. The van der Waals surface area contributed by atoms with E-state index in [0.29, 0.717) is 40.0 Å². The van der Waals surface area contributed by atoms with Crippen LogP contribution in [0.15, 0.2) is 53.6 Å². The van der Waals surface area contributed by atoms with E-state index in [0.717, 1.165) is 6.42 Å². The van der Waals surface area contributed by atoms with Gasteiger partial charge in [-0.05, 0) is 31.5 Å². The Morgan fingerprint density at radius 3 is 2.70 bits per heavy atom. The second-order valence-electron chi connectivity index (χ2n) is 8.08. The summed E-state index contributed by atoms with van der Waals surface area (Å²) in [4.78, 5) is 36.3. The van der Waals surface area contributed by atoms with E-state index in [4.69, 9.17) is 22.4 Å². The SMILES string of the molecule is CCC1CN(c2nc(N)ncc2C(C)=O)[C@@H]1c1nn2ccc(Cl)c2c(=O)n1-c1ccccc1. The maximum absolute atomic E-state index is 13.6. The number of para-hydroxylation sites is 1. The number of hydrogen-bond acceptors (Lipinski definition) is 7. The van der Waals surface area contributed by atoms with Crippen LogP contribution in [0.4, 0.5) is 11.8 Å². The van der Waals surface area contributed by atoms with Crippen molar-refractivity contribution in [2.45, 2.75) is 26.3 Å². The number of benzene rings is 1. The smallest absolute Gasteiger partial charge is 0.284 e. The zero-order valence-corrected chi connectivity index (χ0v) is 18.9. The van der Waals surface area contributed by atoms with E-state index in [9.17, 15) is 9.59 Å². The van der Waals surface area contributed by atoms with E-state index in [2.05, 4.69) is 16.9 Å². The molecule has 2 atom stereocenters. The topological polar surface area (TPSA) is 111 Å². The van der Waals surface area contributed by atoms with Crippen LogP contribution in [-0.4, -0.2) is 36.5 Å². The third kappa shape index (κ3) is 3.36. The van der Waals surface area contributed by atoms with Gasteiger partial charge in [-0.2, -0.15) is 10.1 Å². The second kappa shape index (κ2) is 8.00. The summed E-state index contributed by atoms with van der Waals surface area (Å²) in [6, 6.07) is 10.7. The molecule has 1 aromatic carbocycles. The molecular weight excluding hydrogens is 442 g/mol. The number of hydrogen-bond donors (Lipinski definition) is 1. The van der Waals surface area contributed by atoms with Crippen molar-refractivity contribution in [3.05, 3.63) is 75.6 Å². The number of anilines is 2. The van der Waals surface area contributed by atoms with Gasteiger partial charge in [-0.1, -0.05) is 36.7 Å². The van der Waals surface area contributed by atoms with Gasteiger partial charge in [0.1, 0.15) is 11.3 Å². The van der Waals surface area contributed by atoms with Gasteiger partial charge >= 0.3 is 0 Å². The Morgan fingerprint density at radius 1 is 1.24 bits per heavy atom. The van der Waals surface area contributed by atoms with Gasteiger partial charge in [-0.3, -0.25) is 14.2 Å². The van der Waals surface area contributed by atoms with Crippen molar-refractivity contribution in [3.8, 4) is 5.69 Å². The standard InChI is InChI=1S/C23H22ClN7O2/c1-3-14-12-29(20-16(13(2)32)11-26-23(25)27-20)18(14)21-28-30-10-9-17(24)19(30)22(33)31(21)15-7-5-4-6-8-15/h4-11,14,18H,3,12H2,1-2H3,(H2,25,26,27)/t14?,18-/m0/s1. The van der Waals surface area contributed by atoms with Gasteiger partial charge in [0.2, 0.25) is 5.95 Å². The zero-order valence-electron chi connectivity index (χ0n) is 18.1. The van der Waals surface area contributed by atoms with E-state index in [1.165, 1.54) is 17.6 Å². The number of halogens is 1. The predicted molar refractivity (Wildman–Crippen MR) is 126 cm³/mol. The highest BCUT2D eigenvalue weighted by atomic mass is 35.5. The van der Waals surface area contributed by atoms with Crippen molar-refractivity contribution in [2.75, 3.05) is 17.2 Å². The van der Waals surface area contributed by atoms with Gasteiger partial charge in [-0.15, -0.1) is 0 Å². The average molecular weight is 464 g/mol. The molecule has 168 valence electrons. The number of Topliss-reactive ketones (excluding diaryl/α,β-unsaturated/α-hetero) is 1. The van der Waals surface area contributed by atoms with Crippen LogP contribution in [0.1, 0.15) is 42.5 Å². The molecule has 0 bridgehead atoms. The molecule has 10 heteroatoms. The first-order valence-corrected chi connectivity index (χ1v) is 11.0. The molecule has 1 saturated heterocycles. The molecule has 4 heterocycles. The summed E-state index contributed by atoms with van der Waals surface area (Å²) in [5, 5.41) is 5.16. The number of nitrogens with two attached hydrogens (primary N) is 1. The Kier molecular flexibility index (Phi) is 5.13. The molecule has 0 radical (unpaired) electrons. The van der Waals surface area contributed by atoms with Crippen molar-refractivity contribution in [2.24, 2.45) is 5.92 Å². The molecule has 4 aromatic rings. The van der Waals surface area contributed by atoms with Crippen LogP contribution in [0, 0.1) is 5.92 Å². The van der Waals surface area contributed by atoms with Crippen LogP contribution >= 0.6 is 11.6 Å². The van der Waals surface area contributed by atoms with Crippen molar-refractivity contribution in [1.82, 2.24) is 24.1 Å². The maximum Gasteiger partial charge on any atom is 0.284 e. The Hall–Kier alpha value is -3.72. The molecule has 2 N–H and O–H groups in total. The summed E-state index contributed by atoms with van der Waals surface area (Å²) in [5.41, 5.74) is 6.96. The van der Waals surface area contributed by atoms with Crippen molar-refractivity contribution < 1.29 is 4.79 Å². The third-order valence-corrected chi connectivity index (χ3v) is 6.42. The molecule has 3 aromatic heterocycles. The van der Waals surface area contributed by atoms with Gasteiger partial charge in [0, 0.05) is 24.9 Å². The number of carbonyl (C=O) groups is 1. The molecule has 0 spiro atoms. The van der Waals surface area contributed by atoms with Crippen LogP contribution in [-0.2, 0) is 0 Å². The highest BCUT2D eigenvalue weighted by Crippen LogP contribution is 2.44. The van der Waals surface area contributed by atoms with Crippen molar-refractivity contribution >= 4 is 34.7 Å². The molecule has 0 aliphatic carbocycles. The van der Waals surface area contributed by atoms with E-state index in [-0.39, 0.29) is 29.3 Å². The number of aromatic nitrogens is 5. The Balaban J connectivity index is 1.76. The zero-order chi connectivity index (χ0) is 23.3. The first-order valence-electron chi connectivity index (χ1n) is 10.7. The summed E-state index contributed by atoms with van der Waals surface area (Å²) >= 11 is 6.32. The molecule has 0 saturated carbocycles. The van der Waals surface area contributed by atoms with Crippen LogP contribution in [0.3, 0.4) is 0 Å². The number of nitrogens with zero attached hydrogens (tertiary/aromatic N) is 6. The minimum absolute atomic E-state index is 0.0785. The summed E-state index contributed by atoms with van der Waals surface area (Å²) < 4.78 is 3.11. The van der Waals surface area contributed by atoms with Gasteiger partial charge in [0.15, 0.2) is 11.6 Å². The molecule has 5 rings (SSSR count). The summed E-state index contributed by atoms with van der Waals surface area (Å²) in [5.74, 6) is 1.09. The van der Waals surface area contributed by atoms with Crippen molar-refractivity contribution in [3.63, 3.8) is 0 Å². The van der Waals surface area contributed by atoms with Gasteiger partial charge in [-0.25, -0.2) is 9.50 Å². The molecule has 1 aliphatic rings. The number of fused-ring (bicyclic) bond motifs is 1. The quantitative estimate of drug-likeness (QED) is 0.452. The summed E-state index contributed by atoms with van der Waals surface area (Å²) in [6.07, 6.45) is 3.97. The average Bonchev–Trinajstić information content (AvgIpc) is 3.15. The Bertz CT molecular complexity index is 1430. The molecule has 33 heavy (non-hydrogen) atoms. The van der Waals surface area contributed by atoms with E-state index < -0.39 is 0 Å².